The molecule has 2 spiro atoms. The minimum Gasteiger partial charge on any atom is -0.423 e. The zero-order valence-corrected chi connectivity index (χ0v) is 39.1. The molecular formula is C58H56BCl3O2. The van der Waals surface area contributed by atoms with Gasteiger partial charge in [0.25, 0.3) is 0 Å². The Hall–Kier alpha value is -3.83. The first-order chi connectivity index (χ1) is 31.0. The van der Waals surface area contributed by atoms with Crippen LogP contribution in [0.2, 0.25) is 15.1 Å². The van der Waals surface area contributed by atoms with Crippen LogP contribution in [0, 0.1) is 61.2 Å². The highest BCUT2D eigenvalue weighted by Crippen LogP contribution is 2.72. The van der Waals surface area contributed by atoms with Crippen molar-refractivity contribution in [1.82, 2.24) is 0 Å². The van der Waals surface area contributed by atoms with Crippen LogP contribution in [0.15, 0.2) is 121 Å². The fourth-order valence-corrected chi connectivity index (χ4v) is 17.2. The number of hydrogen-bond donors (Lipinski definition) is 2. The molecule has 2 nitrogen and oxygen atoms in total. The van der Waals surface area contributed by atoms with E-state index in [1.165, 1.54) is 109 Å². The maximum absolute atomic E-state index is 8.81. The predicted molar refractivity (Wildman–Crippen MR) is 266 cm³/mol. The van der Waals surface area contributed by atoms with E-state index in [4.69, 9.17) is 44.9 Å². The lowest BCUT2D eigenvalue weighted by Gasteiger charge is -2.61. The molecule has 324 valence electrons. The molecule has 0 atom stereocenters. The van der Waals surface area contributed by atoms with Crippen LogP contribution in [0.1, 0.15) is 97.6 Å². The first kappa shape index (κ1) is 41.6. The van der Waals surface area contributed by atoms with Gasteiger partial charge in [-0.2, -0.15) is 0 Å². The summed E-state index contributed by atoms with van der Waals surface area (Å²) in [6, 6.07) is 43.5. The zero-order valence-electron chi connectivity index (χ0n) is 36.8. The van der Waals surface area contributed by atoms with Gasteiger partial charge in [0.05, 0.1) is 0 Å². The van der Waals surface area contributed by atoms with Crippen molar-refractivity contribution in [3.63, 3.8) is 0 Å². The minimum atomic E-state index is -1.41. The standard InChI is InChI=1S/C29H27Cl.C22H21Cl.C7H8BClO2/c1-17-11-22(30)9-10-23(17)25-6-4-7-26-24-5-2-3-8-27(24)29(28(25)26)20-13-18-12-19(15-20)16-21(29)14-18;23-20-7-3-5-18-17-4-1-2-6-19(17)22(21(18)20)15-9-13-8-14(11-15)12-16(22)10-13;1-5-4-6(9)2-3-7(5)8(10)11/h2-11,18-21H,12-16H2,1H3;1-7,13-16H,8-12H2;2-4,10-11H,1H3. The van der Waals surface area contributed by atoms with Crippen molar-refractivity contribution < 1.29 is 10.0 Å². The molecule has 2 N–H and O–H groups in total. The van der Waals surface area contributed by atoms with Crippen molar-refractivity contribution in [3.8, 4) is 33.4 Å². The summed E-state index contributed by atoms with van der Waals surface area (Å²) in [6.07, 6.45) is 14.4. The van der Waals surface area contributed by atoms with Crippen LogP contribution in [0.5, 0.6) is 0 Å². The van der Waals surface area contributed by atoms with E-state index in [0.717, 1.165) is 63.0 Å². The van der Waals surface area contributed by atoms with Gasteiger partial charge in [-0.25, -0.2) is 0 Å². The van der Waals surface area contributed by atoms with Crippen molar-refractivity contribution in [3.05, 3.63) is 170 Å². The molecule has 0 amide bonds. The van der Waals surface area contributed by atoms with Crippen LogP contribution in [0.3, 0.4) is 0 Å². The number of hydrogen-bond acceptors (Lipinski definition) is 2. The van der Waals surface area contributed by atoms with E-state index in [-0.39, 0.29) is 10.8 Å². The molecule has 64 heavy (non-hydrogen) atoms. The average Bonchev–Trinajstić information content (AvgIpc) is 3.74. The first-order valence-corrected chi connectivity index (χ1v) is 25.2. The molecule has 0 saturated heterocycles. The molecule has 16 rings (SSSR count). The highest BCUT2D eigenvalue weighted by molar-refractivity contribution is 6.59. The molecule has 8 saturated carbocycles. The molecule has 0 radical (unpaired) electrons. The summed E-state index contributed by atoms with van der Waals surface area (Å²) in [4.78, 5) is 0. The SMILES string of the molecule is Cc1cc(Cl)ccc1-c1cccc2c1C1(c3ccccc3-2)C2CC3CC(C2)CC1C3.Cc1cc(Cl)ccc1B(O)O.Clc1cccc2c1C1(c3ccccc3-2)C2CC3CC(C2)CC1C3. The maximum atomic E-state index is 8.81. The predicted octanol–water partition coefficient (Wildman–Crippen LogP) is 14.4. The van der Waals surface area contributed by atoms with Crippen LogP contribution in [-0.4, -0.2) is 17.2 Å². The third kappa shape index (κ3) is 6.13. The van der Waals surface area contributed by atoms with E-state index in [1.807, 2.05) is 0 Å². The summed E-state index contributed by atoms with van der Waals surface area (Å²) >= 11 is 18.8. The summed E-state index contributed by atoms with van der Waals surface area (Å²) in [7, 11) is -1.41. The molecular weight excluding hydrogens is 846 g/mol. The monoisotopic (exact) mass is 900 g/mol. The van der Waals surface area contributed by atoms with E-state index < -0.39 is 7.12 Å². The van der Waals surface area contributed by atoms with E-state index in [0.29, 0.717) is 10.5 Å². The van der Waals surface area contributed by atoms with E-state index >= 15 is 0 Å². The average molecular weight is 902 g/mol. The number of rotatable bonds is 2. The summed E-state index contributed by atoms with van der Waals surface area (Å²) in [5.41, 5.74) is 18.0. The lowest BCUT2D eigenvalue weighted by Crippen LogP contribution is -2.55. The van der Waals surface area contributed by atoms with Gasteiger partial charge >= 0.3 is 7.12 Å². The number of halogens is 3. The molecule has 0 heterocycles. The molecule has 8 bridgehead atoms. The fourth-order valence-electron chi connectivity index (χ4n) is 16.5. The van der Waals surface area contributed by atoms with Crippen molar-refractivity contribution >= 4 is 47.4 Å². The summed E-state index contributed by atoms with van der Waals surface area (Å²) in [6.45, 7) is 3.99. The van der Waals surface area contributed by atoms with Crippen LogP contribution in [-0.2, 0) is 10.8 Å². The van der Waals surface area contributed by atoms with Gasteiger partial charge < -0.3 is 10.0 Å². The first-order valence-electron chi connectivity index (χ1n) is 24.1. The minimum absolute atomic E-state index is 0.210. The maximum Gasteiger partial charge on any atom is 0.488 e. The molecule has 6 aromatic rings. The molecule has 0 aliphatic heterocycles. The molecule has 8 fully saturated rings. The van der Waals surface area contributed by atoms with Crippen LogP contribution < -0.4 is 5.46 Å². The molecule has 0 aromatic heterocycles. The van der Waals surface area contributed by atoms with Crippen LogP contribution in [0.4, 0.5) is 0 Å². The Labute approximate surface area is 394 Å². The summed E-state index contributed by atoms with van der Waals surface area (Å²) < 4.78 is 0. The van der Waals surface area contributed by atoms with Gasteiger partial charge in [-0.05, 0) is 228 Å². The number of benzene rings is 6. The van der Waals surface area contributed by atoms with Crippen molar-refractivity contribution in [2.45, 2.75) is 88.9 Å². The zero-order chi connectivity index (χ0) is 43.6. The molecule has 0 unspecified atom stereocenters. The molecule has 6 heteroatoms. The van der Waals surface area contributed by atoms with Gasteiger partial charge in [0.1, 0.15) is 0 Å². The van der Waals surface area contributed by atoms with Crippen LogP contribution >= 0.6 is 34.8 Å². The lowest BCUT2D eigenvalue weighted by molar-refractivity contribution is -0.0399. The van der Waals surface area contributed by atoms with Gasteiger partial charge in [-0.3, -0.25) is 0 Å². The molecule has 10 aliphatic carbocycles. The van der Waals surface area contributed by atoms with Gasteiger partial charge in [0.15, 0.2) is 0 Å². The van der Waals surface area contributed by atoms with E-state index in [1.54, 1.807) is 41.8 Å². The highest BCUT2D eigenvalue weighted by atomic mass is 35.5. The van der Waals surface area contributed by atoms with E-state index in [2.05, 4.69) is 110 Å². The quantitative estimate of drug-likeness (QED) is 0.170. The third-order valence-electron chi connectivity index (χ3n) is 18.1. The van der Waals surface area contributed by atoms with Gasteiger partial charge in [0.2, 0.25) is 0 Å². The largest absolute Gasteiger partial charge is 0.488 e. The Kier molecular flexibility index (Phi) is 10.2. The Morgan fingerprint density at radius 3 is 1.31 bits per heavy atom. The lowest BCUT2D eigenvalue weighted by atomic mass is 9.42. The van der Waals surface area contributed by atoms with E-state index in [9.17, 15) is 0 Å². The van der Waals surface area contributed by atoms with Crippen molar-refractivity contribution in [1.29, 1.82) is 0 Å². The van der Waals surface area contributed by atoms with Crippen molar-refractivity contribution in [2.24, 2.45) is 47.3 Å². The molecule has 6 aromatic carbocycles. The number of fused-ring (bicyclic) bond motifs is 6. The van der Waals surface area contributed by atoms with Crippen molar-refractivity contribution in [2.75, 3.05) is 0 Å². The Bertz CT molecular complexity index is 2770. The Morgan fingerprint density at radius 2 is 0.828 bits per heavy atom. The highest BCUT2D eigenvalue weighted by Gasteiger charge is 2.63. The van der Waals surface area contributed by atoms with Gasteiger partial charge in [0, 0.05) is 25.9 Å². The normalized spacial score (nSPS) is 30.9. The van der Waals surface area contributed by atoms with Gasteiger partial charge in [-0.1, -0.05) is 126 Å². The van der Waals surface area contributed by atoms with Gasteiger partial charge in [-0.15, -0.1) is 0 Å². The topological polar surface area (TPSA) is 40.5 Å². The second-order valence-electron chi connectivity index (χ2n) is 21.2. The smallest absolute Gasteiger partial charge is 0.423 e. The Morgan fingerprint density at radius 1 is 0.422 bits per heavy atom. The summed E-state index contributed by atoms with van der Waals surface area (Å²) in [5, 5.41) is 20.1. The summed E-state index contributed by atoms with van der Waals surface area (Å²) in [5.74, 6) is 7.12. The fraction of sp³-hybridized carbons (Fsp3) is 0.379. The second-order valence-corrected chi connectivity index (χ2v) is 22.4. The Balaban J connectivity index is 0.000000112. The third-order valence-corrected chi connectivity index (χ3v) is 18.9. The second kappa shape index (κ2) is 15.6. The van der Waals surface area contributed by atoms with Crippen LogP contribution in [0.25, 0.3) is 33.4 Å². The molecule has 10 aliphatic rings. The number of aryl methyl sites for hydroxylation is 2.